The maximum atomic E-state index is 12.6. The zero-order valence-corrected chi connectivity index (χ0v) is 13.1. The van der Waals surface area contributed by atoms with Gasteiger partial charge in [-0.15, -0.1) is 5.10 Å². The molecule has 114 valence electrons. The number of nitrogens with zero attached hydrogens (tertiary/aromatic N) is 6. The number of sulfone groups is 1. The van der Waals surface area contributed by atoms with Gasteiger partial charge in [0.05, 0.1) is 6.04 Å². The minimum absolute atomic E-state index is 0.0662. The molecule has 1 fully saturated rings. The maximum absolute atomic E-state index is 12.6. The second kappa shape index (κ2) is 4.90. The van der Waals surface area contributed by atoms with E-state index in [1.54, 1.807) is 22.5 Å². The van der Waals surface area contributed by atoms with Crippen LogP contribution in [-0.4, -0.2) is 38.2 Å². The number of aromatic nitrogens is 6. The van der Waals surface area contributed by atoms with Crippen molar-refractivity contribution in [3.8, 4) is 0 Å². The molecule has 0 bridgehead atoms. The summed E-state index contributed by atoms with van der Waals surface area (Å²) in [6, 6.07) is 0.248. The van der Waals surface area contributed by atoms with E-state index in [9.17, 15) is 8.42 Å². The molecule has 2 aromatic heterocycles. The Morgan fingerprint density at radius 1 is 1.38 bits per heavy atom. The SMILES string of the molecule is CC(C)c1cnc(S(=O)(=O)Cc2nnnn2C2CC2)n1C. The van der Waals surface area contributed by atoms with Crippen LogP contribution in [0.25, 0.3) is 0 Å². The van der Waals surface area contributed by atoms with Gasteiger partial charge in [0.15, 0.2) is 5.82 Å². The highest BCUT2D eigenvalue weighted by Gasteiger charge is 2.31. The van der Waals surface area contributed by atoms with Crippen molar-refractivity contribution >= 4 is 9.84 Å². The third-order valence-corrected chi connectivity index (χ3v) is 5.20. The number of hydrogen-bond donors (Lipinski definition) is 0. The minimum atomic E-state index is -3.57. The van der Waals surface area contributed by atoms with E-state index in [1.165, 1.54) is 0 Å². The van der Waals surface area contributed by atoms with Crippen molar-refractivity contribution in [2.45, 2.75) is 49.6 Å². The summed E-state index contributed by atoms with van der Waals surface area (Å²) >= 11 is 0. The molecule has 0 aliphatic heterocycles. The van der Waals surface area contributed by atoms with E-state index in [2.05, 4.69) is 20.5 Å². The molecule has 0 atom stereocenters. The van der Waals surface area contributed by atoms with Gasteiger partial charge in [0, 0.05) is 18.9 Å². The Bertz CT molecular complexity index is 757. The maximum Gasteiger partial charge on any atom is 0.228 e. The predicted molar refractivity (Wildman–Crippen MR) is 74.3 cm³/mol. The van der Waals surface area contributed by atoms with Crippen molar-refractivity contribution in [2.75, 3.05) is 0 Å². The molecule has 3 rings (SSSR count). The lowest BCUT2D eigenvalue weighted by molar-refractivity contribution is 0.561. The van der Waals surface area contributed by atoms with Crippen LogP contribution in [0.4, 0.5) is 0 Å². The average Bonchev–Trinajstić information content (AvgIpc) is 3.00. The lowest BCUT2D eigenvalue weighted by atomic mass is 10.1. The Hall–Kier alpha value is -1.77. The number of imidazole rings is 1. The van der Waals surface area contributed by atoms with Crippen LogP contribution in [0.1, 0.15) is 50.2 Å². The van der Waals surface area contributed by atoms with Crippen LogP contribution < -0.4 is 0 Å². The summed E-state index contributed by atoms with van der Waals surface area (Å²) in [6.45, 7) is 4.00. The molecule has 8 nitrogen and oxygen atoms in total. The molecule has 0 saturated heterocycles. The largest absolute Gasteiger partial charge is 0.322 e. The van der Waals surface area contributed by atoms with E-state index in [0.717, 1.165) is 18.5 Å². The van der Waals surface area contributed by atoms with Crippen LogP contribution in [0.15, 0.2) is 11.4 Å². The van der Waals surface area contributed by atoms with Crippen molar-refractivity contribution in [3.05, 3.63) is 17.7 Å². The molecule has 9 heteroatoms. The average molecular weight is 310 g/mol. The third-order valence-electron chi connectivity index (χ3n) is 3.62. The number of tetrazole rings is 1. The molecule has 0 spiro atoms. The van der Waals surface area contributed by atoms with Crippen LogP contribution in [0.5, 0.6) is 0 Å². The third kappa shape index (κ3) is 2.57. The summed E-state index contributed by atoms with van der Waals surface area (Å²) in [6.07, 6.45) is 3.61. The summed E-state index contributed by atoms with van der Waals surface area (Å²) in [5, 5.41) is 11.4. The molecule has 1 aliphatic rings. The van der Waals surface area contributed by atoms with Gasteiger partial charge in [-0.25, -0.2) is 18.1 Å². The summed E-state index contributed by atoms with van der Waals surface area (Å²) in [7, 11) is -1.85. The molecule has 1 saturated carbocycles. The van der Waals surface area contributed by atoms with E-state index >= 15 is 0 Å². The Morgan fingerprint density at radius 2 is 2.10 bits per heavy atom. The van der Waals surface area contributed by atoms with Gasteiger partial charge in [0.1, 0.15) is 5.75 Å². The minimum Gasteiger partial charge on any atom is -0.322 e. The molecule has 0 amide bonds. The topological polar surface area (TPSA) is 95.6 Å². The van der Waals surface area contributed by atoms with E-state index in [1.807, 2.05) is 13.8 Å². The van der Waals surface area contributed by atoms with Crippen molar-refractivity contribution in [2.24, 2.45) is 7.05 Å². The van der Waals surface area contributed by atoms with Gasteiger partial charge in [-0.3, -0.25) is 0 Å². The van der Waals surface area contributed by atoms with Gasteiger partial charge in [0.25, 0.3) is 0 Å². The van der Waals surface area contributed by atoms with Crippen molar-refractivity contribution in [1.29, 1.82) is 0 Å². The summed E-state index contributed by atoms with van der Waals surface area (Å²) < 4.78 is 28.4. The highest BCUT2D eigenvalue weighted by molar-refractivity contribution is 7.90. The number of rotatable bonds is 5. The van der Waals surface area contributed by atoms with Gasteiger partial charge >= 0.3 is 0 Å². The zero-order valence-electron chi connectivity index (χ0n) is 12.3. The molecular weight excluding hydrogens is 292 g/mol. The molecular formula is C12H18N6O2S. The first kappa shape index (κ1) is 14.2. The molecule has 0 radical (unpaired) electrons. The summed E-state index contributed by atoms with van der Waals surface area (Å²) in [4.78, 5) is 4.08. The van der Waals surface area contributed by atoms with Gasteiger partial charge in [-0.1, -0.05) is 13.8 Å². The molecule has 0 unspecified atom stereocenters. The van der Waals surface area contributed by atoms with Gasteiger partial charge in [-0.2, -0.15) is 0 Å². The van der Waals surface area contributed by atoms with E-state index < -0.39 is 9.84 Å². The first-order valence-corrected chi connectivity index (χ1v) is 8.56. The van der Waals surface area contributed by atoms with Gasteiger partial charge in [0.2, 0.25) is 15.0 Å². The van der Waals surface area contributed by atoms with Crippen molar-refractivity contribution in [3.63, 3.8) is 0 Å². The Kier molecular flexibility index (Phi) is 3.31. The van der Waals surface area contributed by atoms with Crippen LogP contribution in [0.3, 0.4) is 0 Å². The van der Waals surface area contributed by atoms with Crippen molar-refractivity contribution < 1.29 is 8.42 Å². The summed E-state index contributed by atoms with van der Waals surface area (Å²) in [5.74, 6) is 0.369. The van der Waals surface area contributed by atoms with E-state index in [4.69, 9.17) is 0 Å². The van der Waals surface area contributed by atoms with E-state index in [0.29, 0.717) is 5.82 Å². The molecule has 2 heterocycles. The summed E-state index contributed by atoms with van der Waals surface area (Å²) in [5.41, 5.74) is 0.885. The quantitative estimate of drug-likeness (QED) is 0.812. The van der Waals surface area contributed by atoms with Gasteiger partial charge in [-0.05, 0) is 29.2 Å². The normalized spacial score (nSPS) is 15.8. The molecule has 21 heavy (non-hydrogen) atoms. The molecule has 2 aromatic rings. The van der Waals surface area contributed by atoms with Crippen molar-refractivity contribution in [1.82, 2.24) is 29.8 Å². The Balaban J connectivity index is 1.92. The second-order valence-electron chi connectivity index (χ2n) is 5.71. The fourth-order valence-electron chi connectivity index (χ4n) is 2.37. The number of hydrogen-bond acceptors (Lipinski definition) is 6. The lowest BCUT2D eigenvalue weighted by Crippen LogP contribution is -2.15. The first-order chi connectivity index (χ1) is 9.90. The molecule has 0 aromatic carbocycles. The highest BCUT2D eigenvalue weighted by Crippen LogP contribution is 2.34. The first-order valence-electron chi connectivity index (χ1n) is 6.91. The van der Waals surface area contributed by atoms with Crippen LogP contribution in [-0.2, 0) is 22.6 Å². The Labute approximate surface area is 123 Å². The zero-order chi connectivity index (χ0) is 15.2. The van der Waals surface area contributed by atoms with Crippen LogP contribution >= 0.6 is 0 Å². The molecule has 0 N–H and O–H groups in total. The van der Waals surface area contributed by atoms with Crippen LogP contribution in [0, 0.1) is 0 Å². The predicted octanol–water partition coefficient (Wildman–Crippen LogP) is 0.839. The van der Waals surface area contributed by atoms with Crippen LogP contribution in [0.2, 0.25) is 0 Å². The van der Waals surface area contributed by atoms with E-state index in [-0.39, 0.29) is 22.9 Å². The Morgan fingerprint density at radius 3 is 2.67 bits per heavy atom. The highest BCUT2D eigenvalue weighted by atomic mass is 32.2. The fraction of sp³-hybridized carbons (Fsp3) is 0.667. The lowest BCUT2D eigenvalue weighted by Gasteiger charge is -2.09. The molecule has 1 aliphatic carbocycles. The smallest absolute Gasteiger partial charge is 0.228 e. The second-order valence-corrected chi connectivity index (χ2v) is 7.59. The fourth-order valence-corrected chi connectivity index (χ4v) is 3.77. The van der Waals surface area contributed by atoms with Gasteiger partial charge < -0.3 is 4.57 Å². The standard InChI is InChI=1S/C12H18N6O2S/c1-8(2)10-6-13-12(17(10)3)21(19,20)7-11-14-15-16-18(11)9-4-5-9/h6,8-9H,4-5,7H2,1-3H3. The monoisotopic (exact) mass is 310 g/mol.